The van der Waals surface area contributed by atoms with Crippen molar-refractivity contribution in [2.24, 2.45) is 22.5 Å². The van der Waals surface area contributed by atoms with Crippen molar-refractivity contribution in [1.82, 2.24) is 0 Å². The molecule has 2 rings (SSSR count). The Morgan fingerprint density at radius 2 is 2.15 bits per heavy atom. The number of hydrogen-bond acceptors (Lipinski definition) is 2. The van der Waals surface area contributed by atoms with Gasteiger partial charge < -0.3 is 10.8 Å². The number of aliphatic carboxylic acids is 1. The summed E-state index contributed by atoms with van der Waals surface area (Å²) in [6, 6.07) is -0.140. The largest absolute Gasteiger partial charge is 0.481 e. The number of carbonyl (C=O) groups is 1. The SMILES string of the molecule is CC1(C)[C@H]2CC[C@@]1(C(=O)O)[C@@H](N)C2. The lowest BCUT2D eigenvalue weighted by molar-refractivity contribution is -0.154. The first-order valence-electron chi connectivity index (χ1n) is 4.92. The molecule has 0 aromatic carbocycles. The van der Waals surface area contributed by atoms with Gasteiger partial charge in [0.1, 0.15) is 0 Å². The van der Waals surface area contributed by atoms with Gasteiger partial charge >= 0.3 is 5.97 Å². The van der Waals surface area contributed by atoms with E-state index in [2.05, 4.69) is 13.8 Å². The standard InChI is InChI=1S/C10H17NO2/c1-9(2)6-3-4-10(9,8(12)13)7(11)5-6/h6-7H,3-5,11H2,1-2H3,(H,12,13)/t6-,7-,10-/m0/s1. The van der Waals surface area contributed by atoms with Gasteiger partial charge in [0, 0.05) is 6.04 Å². The molecule has 3 nitrogen and oxygen atoms in total. The lowest BCUT2D eigenvalue weighted by atomic mass is 9.68. The van der Waals surface area contributed by atoms with Crippen LogP contribution in [0.5, 0.6) is 0 Å². The molecule has 0 aliphatic heterocycles. The van der Waals surface area contributed by atoms with Gasteiger partial charge in [0.25, 0.3) is 0 Å². The van der Waals surface area contributed by atoms with Crippen molar-refractivity contribution in [3.05, 3.63) is 0 Å². The summed E-state index contributed by atoms with van der Waals surface area (Å²) in [5.74, 6) is -0.177. The predicted octanol–water partition coefficient (Wildman–Crippen LogP) is 1.22. The second-order valence-corrected chi connectivity index (χ2v) is 5.08. The summed E-state index contributed by atoms with van der Waals surface area (Å²) in [4.78, 5) is 11.3. The van der Waals surface area contributed by atoms with E-state index in [1.165, 1.54) is 0 Å². The van der Waals surface area contributed by atoms with E-state index in [1.807, 2.05) is 0 Å². The van der Waals surface area contributed by atoms with Crippen molar-refractivity contribution < 1.29 is 9.90 Å². The maximum absolute atomic E-state index is 11.3. The van der Waals surface area contributed by atoms with Gasteiger partial charge in [-0.25, -0.2) is 0 Å². The fourth-order valence-corrected chi connectivity index (χ4v) is 3.57. The van der Waals surface area contributed by atoms with E-state index in [0.717, 1.165) is 19.3 Å². The van der Waals surface area contributed by atoms with Crippen LogP contribution in [0.4, 0.5) is 0 Å². The Labute approximate surface area is 78.3 Å². The van der Waals surface area contributed by atoms with E-state index in [0.29, 0.717) is 5.92 Å². The van der Waals surface area contributed by atoms with Crippen LogP contribution in [0.2, 0.25) is 0 Å². The van der Waals surface area contributed by atoms with E-state index in [9.17, 15) is 9.90 Å². The molecular formula is C10H17NO2. The predicted molar refractivity (Wildman–Crippen MR) is 49.2 cm³/mol. The van der Waals surface area contributed by atoms with Crippen LogP contribution in [0.1, 0.15) is 33.1 Å². The molecule has 2 aliphatic carbocycles. The van der Waals surface area contributed by atoms with Gasteiger partial charge in [-0.05, 0) is 30.6 Å². The Morgan fingerprint density at radius 1 is 1.54 bits per heavy atom. The Morgan fingerprint density at radius 3 is 2.38 bits per heavy atom. The number of fused-ring (bicyclic) bond motifs is 2. The van der Waals surface area contributed by atoms with Crippen molar-refractivity contribution in [2.45, 2.75) is 39.2 Å². The van der Waals surface area contributed by atoms with Crippen LogP contribution >= 0.6 is 0 Å². The van der Waals surface area contributed by atoms with Gasteiger partial charge in [-0.2, -0.15) is 0 Å². The van der Waals surface area contributed by atoms with E-state index in [4.69, 9.17) is 5.73 Å². The van der Waals surface area contributed by atoms with Gasteiger partial charge in [-0.1, -0.05) is 13.8 Å². The first kappa shape index (κ1) is 9.00. The van der Waals surface area contributed by atoms with E-state index in [-0.39, 0.29) is 11.5 Å². The van der Waals surface area contributed by atoms with Gasteiger partial charge in [-0.15, -0.1) is 0 Å². The third-order valence-electron chi connectivity index (χ3n) is 4.61. The topological polar surface area (TPSA) is 63.3 Å². The first-order chi connectivity index (χ1) is 5.93. The van der Waals surface area contributed by atoms with Crippen LogP contribution in [-0.4, -0.2) is 17.1 Å². The molecule has 0 radical (unpaired) electrons. The minimum atomic E-state index is -0.690. The maximum atomic E-state index is 11.3. The lowest BCUT2D eigenvalue weighted by Crippen LogP contribution is -2.49. The monoisotopic (exact) mass is 183 g/mol. The summed E-state index contributed by atoms with van der Waals surface area (Å²) in [5.41, 5.74) is 5.20. The van der Waals surface area contributed by atoms with Crippen molar-refractivity contribution in [1.29, 1.82) is 0 Å². The molecule has 2 bridgehead atoms. The molecular weight excluding hydrogens is 166 g/mol. The summed E-state index contributed by atoms with van der Waals surface area (Å²) in [6.45, 7) is 4.12. The molecule has 0 saturated heterocycles. The molecule has 2 saturated carbocycles. The quantitative estimate of drug-likeness (QED) is 0.642. The highest BCUT2D eigenvalue weighted by Crippen LogP contribution is 2.65. The van der Waals surface area contributed by atoms with Gasteiger partial charge in [0.05, 0.1) is 5.41 Å². The van der Waals surface area contributed by atoms with Crippen molar-refractivity contribution >= 4 is 5.97 Å². The minimum absolute atomic E-state index is 0.113. The highest BCUT2D eigenvalue weighted by Gasteiger charge is 2.67. The molecule has 0 aromatic heterocycles. The summed E-state index contributed by atoms with van der Waals surface area (Å²) in [6.07, 6.45) is 2.69. The number of hydrogen-bond donors (Lipinski definition) is 2. The van der Waals surface area contributed by atoms with E-state index < -0.39 is 11.4 Å². The second-order valence-electron chi connectivity index (χ2n) is 5.08. The molecule has 2 fully saturated rings. The number of carboxylic acid groups (broad SMARTS) is 1. The molecule has 3 N–H and O–H groups in total. The fourth-order valence-electron chi connectivity index (χ4n) is 3.57. The Balaban J connectivity index is 2.49. The van der Waals surface area contributed by atoms with E-state index in [1.54, 1.807) is 0 Å². The smallest absolute Gasteiger partial charge is 0.311 e. The third kappa shape index (κ3) is 0.766. The van der Waals surface area contributed by atoms with Crippen LogP contribution in [0.3, 0.4) is 0 Å². The summed E-state index contributed by atoms with van der Waals surface area (Å²) < 4.78 is 0. The number of rotatable bonds is 1. The molecule has 74 valence electrons. The van der Waals surface area contributed by atoms with Crippen LogP contribution in [-0.2, 0) is 4.79 Å². The average Bonchev–Trinajstić information content (AvgIpc) is 2.35. The van der Waals surface area contributed by atoms with Gasteiger partial charge in [0.2, 0.25) is 0 Å². The molecule has 2 aliphatic rings. The van der Waals surface area contributed by atoms with Crippen molar-refractivity contribution in [3.8, 4) is 0 Å². The van der Waals surface area contributed by atoms with Crippen LogP contribution in [0.25, 0.3) is 0 Å². The zero-order valence-corrected chi connectivity index (χ0v) is 8.21. The Kier molecular flexibility index (Phi) is 1.57. The molecule has 0 heterocycles. The first-order valence-corrected chi connectivity index (χ1v) is 4.92. The molecule has 0 unspecified atom stereocenters. The Bertz CT molecular complexity index is 262. The molecule has 0 spiro atoms. The Hall–Kier alpha value is -0.570. The van der Waals surface area contributed by atoms with Crippen molar-refractivity contribution in [2.75, 3.05) is 0 Å². The minimum Gasteiger partial charge on any atom is -0.481 e. The summed E-state index contributed by atoms with van der Waals surface area (Å²) in [7, 11) is 0. The van der Waals surface area contributed by atoms with Crippen LogP contribution in [0.15, 0.2) is 0 Å². The average molecular weight is 183 g/mol. The highest BCUT2D eigenvalue weighted by molar-refractivity contribution is 5.78. The van der Waals surface area contributed by atoms with Gasteiger partial charge in [-0.3, -0.25) is 4.79 Å². The number of carboxylic acids is 1. The zero-order valence-electron chi connectivity index (χ0n) is 8.21. The van der Waals surface area contributed by atoms with Crippen LogP contribution < -0.4 is 5.73 Å². The third-order valence-corrected chi connectivity index (χ3v) is 4.61. The molecule has 3 atom stereocenters. The fraction of sp³-hybridized carbons (Fsp3) is 0.900. The van der Waals surface area contributed by atoms with Crippen molar-refractivity contribution in [3.63, 3.8) is 0 Å². The highest BCUT2D eigenvalue weighted by atomic mass is 16.4. The normalized spacial score (nSPS) is 46.7. The van der Waals surface area contributed by atoms with Gasteiger partial charge in [0.15, 0.2) is 0 Å². The summed E-state index contributed by atoms with van der Waals surface area (Å²) >= 11 is 0. The molecule has 3 heteroatoms. The maximum Gasteiger partial charge on any atom is 0.311 e. The molecule has 0 amide bonds. The molecule has 13 heavy (non-hydrogen) atoms. The molecule has 0 aromatic rings. The van der Waals surface area contributed by atoms with E-state index >= 15 is 0 Å². The summed E-state index contributed by atoms with van der Waals surface area (Å²) in [5, 5.41) is 9.32. The van der Waals surface area contributed by atoms with Crippen LogP contribution in [0, 0.1) is 16.7 Å². The number of nitrogens with two attached hydrogens (primary N) is 1. The second kappa shape index (κ2) is 2.27. The lowest BCUT2D eigenvalue weighted by Gasteiger charge is -2.36. The zero-order chi connectivity index (χ0) is 9.85.